The SMILES string of the molecule is CC(CCc1ccccc1)NC(=O)CCC(=O)c1ccccc1. The number of amides is 1. The largest absolute Gasteiger partial charge is 0.354 e. The summed E-state index contributed by atoms with van der Waals surface area (Å²) in [5.41, 5.74) is 1.94. The lowest BCUT2D eigenvalue weighted by atomic mass is 10.0. The van der Waals surface area contributed by atoms with Crippen LogP contribution in [-0.4, -0.2) is 17.7 Å². The molecule has 0 aliphatic rings. The fourth-order valence-electron chi connectivity index (χ4n) is 2.44. The average Bonchev–Trinajstić information content (AvgIpc) is 2.59. The fourth-order valence-corrected chi connectivity index (χ4v) is 2.44. The first kappa shape index (κ1) is 16.9. The Bertz CT molecular complexity index is 623. The molecule has 1 amide bonds. The highest BCUT2D eigenvalue weighted by atomic mass is 16.2. The van der Waals surface area contributed by atoms with Gasteiger partial charge in [-0.25, -0.2) is 0 Å². The summed E-state index contributed by atoms with van der Waals surface area (Å²) in [4.78, 5) is 23.9. The molecule has 0 aromatic heterocycles. The highest BCUT2D eigenvalue weighted by Gasteiger charge is 2.11. The van der Waals surface area contributed by atoms with Crippen molar-refractivity contribution >= 4 is 11.7 Å². The number of carbonyl (C=O) groups excluding carboxylic acids is 2. The van der Waals surface area contributed by atoms with E-state index in [1.807, 2.05) is 43.3 Å². The number of hydrogen-bond donors (Lipinski definition) is 1. The van der Waals surface area contributed by atoms with Crippen molar-refractivity contribution in [2.75, 3.05) is 0 Å². The normalized spacial score (nSPS) is 11.7. The van der Waals surface area contributed by atoms with Crippen LogP contribution in [0.4, 0.5) is 0 Å². The lowest BCUT2D eigenvalue weighted by molar-refractivity contribution is -0.121. The molecule has 0 saturated heterocycles. The number of aryl methyl sites for hydroxylation is 1. The molecule has 0 radical (unpaired) electrons. The number of hydrogen-bond acceptors (Lipinski definition) is 2. The number of rotatable bonds is 8. The van der Waals surface area contributed by atoms with E-state index in [0.717, 1.165) is 12.8 Å². The highest BCUT2D eigenvalue weighted by molar-refractivity contribution is 5.97. The van der Waals surface area contributed by atoms with Gasteiger partial charge in [0.05, 0.1) is 0 Å². The monoisotopic (exact) mass is 309 g/mol. The van der Waals surface area contributed by atoms with Crippen LogP contribution in [0.1, 0.15) is 42.1 Å². The van der Waals surface area contributed by atoms with Crippen molar-refractivity contribution in [3.8, 4) is 0 Å². The minimum Gasteiger partial charge on any atom is -0.354 e. The topological polar surface area (TPSA) is 46.2 Å². The molecule has 2 aromatic carbocycles. The minimum absolute atomic E-state index is 0.0117. The van der Waals surface area contributed by atoms with Crippen LogP contribution >= 0.6 is 0 Å². The van der Waals surface area contributed by atoms with Gasteiger partial charge in [-0.2, -0.15) is 0 Å². The first-order valence-electron chi connectivity index (χ1n) is 8.06. The molecule has 3 nitrogen and oxygen atoms in total. The van der Waals surface area contributed by atoms with E-state index in [4.69, 9.17) is 0 Å². The molecule has 2 rings (SSSR count). The van der Waals surface area contributed by atoms with E-state index >= 15 is 0 Å². The van der Waals surface area contributed by atoms with Crippen LogP contribution in [0.2, 0.25) is 0 Å². The Morgan fingerprint density at radius 3 is 2.17 bits per heavy atom. The van der Waals surface area contributed by atoms with Crippen LogP contribution in [0.3, 0.4) is 0 Å². The lowest BCUT2D eigenvalue weighted by Gasteiger charge is -2.13. The molecule has 0 heterocycles. The summed E-state index contributed by atoms with van der Waals surface area (Å²) in [5, 5.41) is 2.97. The van der Waals surface area contributed by atoms with Crippen molar-refractivity contribution in [2.45, 2.75) is 38.6 Å². The van der Waals surface area contributed by atoms with Crippen LogP contribution < -0.4 is 5.32 Å². The zero-order chi connectivity index (χ0) is 16.5. The summed E-state index contributed by atoms with van der Waals surface area (Å²) < 4.78 is 0. The van der Waals surface area contributed by atoms with E-state index in [9.17, 15) is 9.59 Å². The standard InChI is InChI=1S/C20H23NO2/c1-16(12-13-17-8-4-2-5-9-17)21-20(23)15-14-19(22)18-10-6-3-7-11-18/h2-11,16H,12-15H2,1H3,(H,21,23). The molecule has 2 aromatic rings. The number of Topliss-reactive ketones (excluding diaryl/α,β-unsaturated/α-hetero) is 1. The Morgan fingerprint density at radius 2 is 1.52 bits per heavy atom. The summed E-state index contributed by atoms with van der Waals surface area (Å²) in [5.74, 6) is -0.0486. The Morgan fingerprint density at radius 1 is 0.913 bits per heavy atom. The molecule has 3 heteroatoms. The number of benzene rings is 2. The van der Waals surface area contributed by atoms with Crippen molar-refractivity contribution in [2.24, 2.45) is 0 Å². The molecule has 23 heavy (non-hydrogen) atoms. The van der Waals surface area contributed by atoms with Gasteiger partial charge in [0.2, 0.25) is 5.91 Å². The first-order chi connectivity index (χ1) is 11.1. The van der Waals surface area contributed by atoms with E-state index in [2.05, 4.69) is 17.4 Å². The molecule has 1 atom stereocenters. The summed E-state index contributed by atoms with van der Waals surface area (Å²) in [6.07, 6.45) is 2.32. The maximum atomic E-state index is 12.0. The van der Waals surface area contributed by atoms with Gasteiger partial charge < -0.3 is 5.32 Å². The van der Waals surface area contributed by atoms with E-state index in [0.29, 0.717) is 5.56 Å². The lowest BCUT2D eigenvalue weighted by Crippen LogP contribution is -2.33. The van der Waals surface area contributed by atoms with Gasteiger partial charge in [0, 0.05) is 24.4 Å². The summed E-state index contributed by atoms with van der Waals surface area (Å²) in [7, 11) is 0. The molecule has 0 aliphatic carbocycles. The molecule has 0 aliphatic heterocycles. The van der Waals surface area contributed by atoms with Gasteiger partial charge >= 0.3 is 0 Å². The van der Waals surface area contributed by atoms with Crippen molar-refractivity contribution < 1.29 is 9.59 Å². The zero-order valence-corrected chi connectivity index (χ0v) is 13.5. The van der Waals surface area contributed by atoms with Crippen LogP contribution in [0.5, 0.6) is 0 Å². The minimum atomic E-state index is -0.0603. The second-order valence-electron chi connectivity index (χ2n) is 5.78. The predicted octanol–water partition coefficient (Wildman–Crippen LogP) is 3.79. The van der Waals surface area contributed by atoms with Gasteiger partial charge in [-0.15, -0.1) is 0 Å². The summed E-state index contributed by atoms with van der Waals surface area (Å²) >= 11 is 0. The summed E-state index contributed by atoms with van der Waals surface area (Å²) in [6.45, 7) is 2.00. The van der Waals surface area contributed by atoms with Crippen LogP contribution in [-0.2, 0) is 11.2 Å². The first-order valence-corrected chi connectivity index (χ1v) is 8.06. The van der Waals surface area contributed by atoms with E-state index in [1.165, 1.54) is 5.56 Å². The van der Waals surface area contributed by atoms with Gasteiger partial charge in [0.25, 0.3) is 0 Å². The molecule has 120 valence electrons. The van der Waals surface area contributed by atoms with Gasteiger partial charge in [0.1, 0.15) is 0 Å². The second-order valence-corrected chi connectivity index (χ2v) is 5.78. The Hall–Kier alpha value is -2.42. The van der Waals surface area contributed by atoms with Gasteiger partial charge in [-0.05, 0) is 25.3 Å². The molecule has 1 N–H and O–H groups in total. The van der Waals surface area contributed by atoms with Crippen LogP contribution in [0.25, 0.3) is 0 Å². The van der Waals surface area contributed by atoms with Crippen LogP contribution in [0, 0.1) is 0 Å². The predicted molar refractivity (Wildman–Crippen MR) is 92.4 cm³/mol. The maximum absolute atomic E-state index is 12.0. The van der Waals surface area contributed by atoms with Crippen molar-refractivity contribution in [1.29, 1.82) is 0 Å². The van der Waals surface area contributed by atoms with Gasteiger partial charge in [-0.3, -0.25) is 9.59 Å². The van der Waals surface area contributed by atoms with E-state index in [-0.39, 0.29) is 30.6 Å². The molecule has 1 unspecified atom stereocenters. The molecular weight excluding hydrogens is 286 g/mol. The highest BCUT2D eigenvalue weighted by Crippen LogP contribution is 2.07. The van der Waals surface area contributed by atoms with Gasteiger partial charge in [0.15, 0.2) is 5.78 Å². The van der Waals surface area contributed by atoms with Crippen molar-refractivity contribution in [1.82, 2.24) is 5.32 Å². The third kappa shape index (κ3) is 6.07. The Balaban J connectivity index is 1.69. The molecule has 0 bridgehead atoms. The number of nitrogens with one attached hydrogen (secondary N) is 1. The second kappa shape index (κ2) is 8.89. The molecular formula is C20H23NO2. The van der Waals surface area contributed by atoms with Gasteiger partial charge in [-0.1, -0.05) is 60.7 Å². The number of ketones is 1. The van der Waals surface area contributed by atoms with Crippen LogP contribution in [0.15, 0.2) is 60.7 Å². The fraction of sp³-hybridized carbons (Fsp3) is 0.300. The van der Waals surface area contributed by atoms with E-state index < -0.39 is 0 Å². The van der Waals surface area contributed by atoms with Crippen molar-refractivity contribution in [3.63, 3.8) is 0 Å². The van der Waals surface area contributed by atoms with Crippen molar-refractivity contribution in [3.05, 3.63) is 71.8 Å². The smallest absolute Gasteiger partial charge is 0.220 e. The third-order valence-electron chi connectivity index (χ3n) is 3.79. The number of carbonyl (C=O) groups is 2. The Labute approximate surface area is 137 Å². The summed E-state index contributed by atoms with van der Waals surface area (Å²) in [6, 6.07) is 19.4. The van der Waals surface area contributed by atoms with E-state index in [1.54, 1.807) is 12.1 Å². The molecule has 0 fully saturated rings. The molecule has 0 spiro atoms. The maximum Gasteiger partial charge on any atom is 0.220 e. The Kier molecular flexibility index (Phi) is 6.55. The molecule has 0 saturated carbocycles. The quantitative estimate of drug-likeness (QED) is 0.754. The zero-order valence-electron chi connectivity index (χ0n) is 13.5. The third-order valence-corrected chi connectivity index (χ3v) is 3.79. The average molecular weight is 309 g/mol.